The molecule has 0 saturated heterocycles. The second kappa shape index (κ2) is 12.4. The van der Waals surface area contributed by atoms with Crippen molar-refractivity contribution < 1.29 is 4.42 Å². The van der Waals surface area contributed by atoms with Crippen LogP contribution in [-0.2, 0) is 0 Å². The van der Waals surface area contributed by atoms with Crippen molar-refractivity contribution in [3.8, 4) is 33.6 Å². The molecule has 0 fully saturated rings. The van der Waals surface area contributed by atoms with Crippen LogP contribution >= 0.6 is 0 Å². The molecule has 0 aliphatic carbocycles. The fraction of sp³-hybridized carbons (Fsp3) is 0. The Balaban J connectivity index is 1.27. The van der Waals surface area contributed by atoms with E-state index in [0.717, 1.165) is 82.1 Å². The van der Waals surface area contributed by atoms with E-state index in [4.69, 9.17) is 19.4 Å². The molecule has 0 atom stereocenters. The van der Waals surface area contributed by atoms with Crippen molar-refractivity contribution in [2.24, 2.45) is 0 Å². The molecule has 0 saturated carbocycles. The average molecular weight is 726 g/mol. The monoisotopic (exact) mass is 725 g/mol. The third-order valence-corrected chi connectivity index (χ3v) is 11.4. The summed E-state index contributed by atoms with van der Waals surface area (Å²) in [6.45, 7) is 0. The van der Waals surface area contributed by atoms with E-state index in [1.807, 2.05) is 30.3 Å². The maximum Gasteiger partial charge on any atom is 0.164 e. The zero-order valence-electron chi connectivity index (χ0n) is 30.6. The predicted molar refractivity (Wildman–Crippen MR) is 237 cm³/mol. The lowest BCUT2D eigenvalue weighted by molar-refractivity contribution is 0.670. The summed E-state index contributed by atoms with van der Waals surface area (Å²) in [5.41, 5.74) is 8.10. The van der Waals surface area contributed by atoms with Crippen LogP contribution in [0.25, 0.3) is 121 Å². The van der Waals surface area contributed by atoms with Gasteiger partial charge in [0.05, 0.1) is 0 Å². The molecular formula is C53H31N3O. The van der Waals surface area contributed by atoms with E-state index in [2.05, 4.69) is 158 Å². The van der Waals surface area contributed by atoms with E-state index in [-0.39, 0.29) is 0 Å². The summed E-state index contributed by atoms with van der Waals surface area (Å²) in [5, 5.41) is 13.1. The lowest BCUT2D eigenvalue weighted by atomic mass is 9.95. The van der Waals surface area contributed by atoms with Crippen molar-refractivity contribution in [1.29, 1.82) is 0 Å². The lowest BCUT2D eigenvalue weighted by Crippen LogP contribution is -1.94. The first-order valence-corrected chi connectivity index (χ1v) is 19.2. The molecular weight excluding hydrogens is 695 g/mol. The highest BCUT2D eigenvalue weighted by Gasteiger charge is 2.17. The maximum atomic E-state index is 6.79. The highest BCUT2D eigenvalue weighted by molar-refractivity contribution is 6.21. The summed E-state index contributed by atoms with van der Waals surface area (Å²) in [7, 11) is 0. The topological polar surface area (TPSA) is 51.8 Å². The standard InChI is InChI=1S/C53H31N3O/c1-3-11-32(12-4-1)46-30-41-31-47-49-44(19-10-20-48(49)57-50(46)47)53-55-51(35-14-5-2-6-15-35)54-52(56-53)42-27-39(36-16-9-17-37(41)25-36)26-40(28-42)38-24-23-34-22-21-33-13-7-8-18-43(33)45(34)29-38/h1-31H. The lowest BCUT2D eigenvalue weighted by Gasteiger charge is -2.10. The largest absolute Gasteiger partial charge is 0.455 e. The first-order chi connectivity index (χ1) is 28.2. The van der Waals surface area contributed by atoms with Gasteiger partial charge in [-0.2, -0.15) is 0 Å². The third kappa shape index (κ3) is 5.19. The van der Waals surface area contributed by atoms with Gasteiger partial charge >= 0.3 is 0 Å². The molecule has 0 spiro atoms. The third-order valence-electron chi connectivity index (χ3n) is 11.4. The number of hydrogen-bond donors (Lipinski definition) is 0. The molecule has 9 aromatic carbocycles. The van der Waals surface area contributed by atoms with Gasteiger partial charge in [-0.25, -0.2) is 15.0 Å². The van der Waals surface area contributed by atoms with Crippen LogP contribution in [0.1, 0.15) is 0 Å². The first-order valence-electron chi connectivity index (χ1n) is 19.2. The average Bonchev–Trinajstić information content (AvgIpc) is 3.67. The molecule has 4 heteroatoms. The van der Waals surface area contributed by atoms with E-state index in [9.17, 15) is 0 Å². The molecule has 4 nitrogen and oxygen atoms in total. The number of hydrogen-bond acceptors (Lipinski definition) is 4. The van der Waals surface area contributed by atoms with E-state index >= 15 is 0 Å². The molecule has 0 unspecified atom stereocenters. The minimum absolute atomic E-state index is 0.596. The molecule has 3 heterocycles. The summed E-state index contributed by atoms with van der Waals surface area (Å²) in [4.78, 5) is 15.7. The maximum absolute atomic E-state index is 6.79. The summed E-state index contributed by atoms with van der Waals surface area (Å²) < 4.78 is 6.79. The second-order valence-electron chi connectivity index (χ2n) is 14.8. The van der Waals surface area contributed by atoms with Gasteiger partial charge in [-0.05, 0) is 108 Å². The van der Waals surface area contributed by atoms with Crippen LogP contribution in [0.4, 0.5) is 0 Å². The van der Waals surface area contributed by atoms with Crippen molar-refractivity contribution >= 4 is 87.1 Å². The van der Waals surface area contributed by atoms with E-state index < -0.39 is 0 Å². The zero-order chi connectivity index (χ0) is 37.5. The quantitative estimate of drug-likeness (QED) is 0.170. The molecule has 264 valence electrons. The number of nitrogens with zero attached hydrogens (tertiary/aromatic N) is 3. The van der Waals surface area contributed by atoms with Gasteiger partial charge in [0, 0.05) is 32.7 Å². The summed E-state index contributed by atoms with van der Waals surface area (Å²) in [5.74, 6) is 0.615. The number of furan rings is 1. The molecule has 0 N–H and O–H groups in total. The summed E-state index contributed by atoms with van der Waals surface area (Å²) >= 11 is 0. The van der Waals surface area contributed by atoms with Gasteiger partial charge < -0.3 is 4.42 Å². The second-order valence-corrected chi connectivity index (χ2v) is 14.8. The van der Waals surface area contributed by atoms with Gasteiger partial charge in [0.25, 0.3) is 0 Å². The zero-order valence-corrected chi connectivity index (χ0v) is 30.6. The van der Waals surface area contributed by atoms with E-state index in [1.54, 1.807) is 0 Å². The van der Waals surface area contributed by atoms with Gasteiger partial charge in [0.1, 0.15) is 11.2 Å². The van der Waals surface area contributed by atoms with Crippen LogP contribution in [0.2, 0.25) is 0 Å². The predicted octanol–water partition coefficient (Wildman–Crippen LogP) is 14.3. The number of rotatable bonds is 3. The first kappa shape index (κ1) is 31.6. The van der Waals surface area contributed by atoms with Crippen molar-refractivity contribution in [1.82, 2.24) is 15.0 Å². The van der Waals surface area contributed by atoms with Crippen LogP contribution in [0.3, 0.4) is 0 Å². The van der Waals surface area contributed by atoms with E-state index in [1.165, 1.54) is 21.5 Å². The molecule has 12 rings (SSSR count). The van der Waals surface area contributed by atoms with Crippen LogP contribution in [0.5, 0.6) is 0 Å². The Morgan fingerprint density at radius 3 is 1.79 bits per heavy atom. The summed E-state index contributed by atoms with van der Waals surface area (Å²) in [6, 6.07) is 66.8. The molecule has 3 aromatic heterocycles. The highest BCUT2D eigenvalue weighted by Crippen LogP contribution is 2.41. The molecule has 0 radical (unpaired) electrons. The van der Waals surface area contributed by atoms with Crippen molar-refractivity contribution in [2.75, 3.05) is 0 Å². The minimum atomic E-state index is 0.596. The smallest absolute Gasteiger partial charge is 0.164 e. The molecule has 0 amide bonds. The van der Waals surface area contributed by atoms with Gasteiger partial charge in [0.2, 0.25) is 0 Å². The SMILES string of the molecule is c1ccc(-c2nc3nc(n2)c2cccc4oc5c(-c6ccccc6)cc(cc5c42)c2cccc(c2)c2cc(-c4ccc5ccc6ccccc6c5c4)cc3c2)cc1. The van der Waals surface area contributed by atoms with Gasteiger partial charge in [-0.15, -0.1) is 0 Å². The number of benzene rings is 9. The Hall–Kier alpha value is -7.69. The number of aromatic nitrogens is 3. The Bertz CT molecular complexity index is 3630. The van der Waals surface area contributed by atoms with Crippen molar-refractivity contribution in [3.63, 3.8) is 0 Å². The highest BCUT2D eigenvalue weighted by atomic mass is 16.3. The van der Waals surface area contributed by atoms with Crippen LogP contribution in [-0.4, -0.2) is 15.0 Å². The Morgan fingerprint density at radius 2 is 0.947 bits per heavy atom. The summed E-state index contributed by atoms with van der Waals surface area (Å²) in [6.07, 6.45) is 0. The molecule has 0 aliphatic heterocycles. The van der Waals surface area contributed by atoms with Crippen molar-refractivity contribution in [2.45, 2.75) is 0 Å². The minimum Gasteiger partial charge on any atom is -0.455 e. The van der Waals surface area contributed by atoms with E-state index in [0.29, 0.717) is 17.1 Å². The van der Waals surface area contributed by atoms with Crippen molar-refractivity contribution in [3.05, 3.63) is 188 Å². The fourth-order valence-electron chi connectivity index (χ4n) is 8.61. The Kier molecular flexibility index (Phi) is 6.89. The Labute approximate surface area is 327 Å². The van der Waals surface area contributed by atoms with Gasteiger partial charge in [0.15, 0.2) is 17.1 Å². The van der Waals surface area contributed by atoms with Crippen LogP contribution < -0.4 is 0 Å². The molecule has 8 bridgehead atoms. The molecule has 57 heavy (non-hydrogen) atoms. The fourth-order valence-corrected chi connectivity index (χ4v) is 8.61. The van der Waals surface area contributed by atoms with Crippen LogP contribution in [0.15, 0.2) is 192 Å². The Morgan fingerprint density at radius 1 is 0.316 bits per heavy atom. The normalized spacial score (nSPS) is 11.9. The number of fused-ring (bicyclic) bond motifs is 14. The molecule has 12 aromatic rings. The molecule has 0 aliphatic rings. The van der Waals surface area contributed by atoms with Gasteiger partial charge in [-0.3, -0.25) is 0 Å². The van der Waals surface area contributed by atoms with Gasteiger partial charge in [-0.1, -0.05) is 140 Å². The van der Waals surface area contributed by atoms with Crippen LogP contribution in [0, 0.1) is 0 Å².